The highest BCUT2D eigenvalue weighted by molar-refractivity contribution is 7.91. The third-order valence-electron chi connectivity index (χ3n) is 2.83. The second kappa shape index (κ2) is 6.55. The maximum Gasteiger partial charge on any atom is 0.323 e. The number of rotatable bonds is 6. The predicted molar refractivity (Wildman–Crippen MR) is 69.6 cm³/mol. The van der Waals surface area contributed by atoms with Crippen LogP contribution in [0.3, 0.4) is 0 Å². The molecule has 8 heteroatoms. The Hall–Kier alpha value is -1.57. The Balaban J connectivity index is 2.44. The lowest BCUT2D eigenvalue weighted by molar-refractivity contribution is -0.137. The van der Waals surface area contributed by atoms with E-state index in [0.717, 1.165) is 4.90 Å². The van der Waals surface area contributed by atoms with Crippen molar-refractivity contribution in [2.75, 3.05) is 31.1 Å². The molecule has 1 fully saturated rings. The number of carboxylic acid groups (broad SMARTS) is 1. The van der Waals surface area contributed by atoms with Crippen molar-refractivity contribution < 1.29 is 23.1 Å². The molecule has 0 aliphatic carbocycles. The summed E-state index contributed by atoms with van der Waals surface area (Å²) >= 11 is 0. The van der Waals surface area contributed by atoms with Crippen molar-refractivity contribution >= 4 is 21.8 Å². The number of aliphatic carboxylic acids is 1. The molecule has 0 bridgehead atoms. The molecule has 0 aromatic carbocycles. The molecule has 0 spiro atoms. The number of hydrogen-bond donors (Lipinski definition) is 2. The molecule has 7 nitrogen and oxygen atoms in total. The molecule has 1 saturated heterocycles. The molecule has 0 aromatic heterocycles. The van der Waals surface area contributed by atoms with Crippen LogP contribution < -0.4 is 5.32 Å². The molecule has 2 N–H and O–H groups in total. The zero-order valence-corrected chi connectivity index (χ0v) is 11.4. The number of nitrogens with zero attached hydrogens (tertiary/aromatic N) is 1. The highest BCUT2D eigenvalue weighted by atomic mass is 32.2. The van der Waals surface area contributed by atoms with Crippen molar-refractivity contribution in [3.05, 3.63) is 12.7 Å². The van der Waals surface area contributed by atoms with E-state index in [0.29, 0.717) is 6.42 Å². The van der Waals surface area contributed by atoms with Gasteiger partial charge in [0, 0.05) is 13.1 Å². The minimum absolute atomic E-state index is 0.0771. The van der Waals surface area contributed by atoms with Crippen LogP contribution in [0.1, 0.15) is 6.42 Å². The van der Waals surface area contributed by atoms with E-state index in [1.54, 1.807) is 0 Å². The third-order valence-corrected chi connectivity index (χ3v) is 4.67. The number of carboxylic acids is 1. The largest absolute Gasteiger partial charge is 0.480 e. The normalized spacial score (nSPS) is 20.7. The number of nitrogens with one attached hydrogen (secondary N) is 1. The number of hydrogen-bond acceptors (Lipinski definition) is 4. The summed E-state index contributed by atoms with van der Waals surface area (Å²) in [6.07, 6.45) is 1.96. The lowest BCUT2D eigenvalue weighted by Crippen LogP contribution is -2.44. The number of carbonyl (C=O) groups is 2. The molecule has 1 unspecified atom stereocenters. The lowest BCUT2D eigenvalue weighted by atomic mass is 10.1. The molecule has 108 valence electrons. The summed E-state index contributed by atoms with van der Waals surface area (Å²) in [6.45, 7) is 3.40. The number of amides is 2. The Kier molecular flexibility index (Phi) is 5.34. The van der Waals surface area contributed by atoms with Crippen LogP contribution in [0.15, 0.2) is 12.7 Å². The molecule has 0 saturated carbocycles. The first-order chi connectivity index (χ1) is 8.84. The highest BCUT2D eigenvalue weighted by Gasteiger charge is 2.28. The van der Waals surface area contributed by atoms with Crippen LogP contribution in [0.2, 0.25) is 0 Å². The Morgan fingerprint density at radius 2 is 2.16 bits per heavy atom. The van der Waals surface area contributed by atoms with E-state index in [4.69, 9.17) is 5.11 Å². The summed E-state index contributed by atoms with van der Waals surface area (Å²) < 4.78 is 22.5. The monoisotopic (exact) mass is 290 g/mol. The van der Waals surface area contributed by atoms with Gasteiger partial charge >= 0.3 is 12.0 Å². The fourth-order valence-corrected chi connectivity index (χ4v) is 3.78. The van der Waals surface area contributed by atoms with Crippen LogP contribution in [0, 0.1) is 5.92 Å². The lowest BCUT2D eigenvalue weighted by Gasteiger charge is -2.20. The number of sulfone groups is 1. The maximum absolute atomic E-state index is 11.7. The average molecular weight is 290 g/mol. The van der Waals surface area contributed by atoms with E-state index in [-0.39, 0.29) is 30.5 Å². The van der Waals surface area contributed by atoms with Gasteiger partial charge in [-0.1, -0.05) is 6.08 Å². The summed E-state index contributed by atoms with van der Waals surface area (Å²) in [5.41, 5.74) is 0. The van der Waals surface area contributed by atoms with Gasteiger partial charge < -0.3 is 15.3 Å². The van der Waals surface area contributed by atoms with E-state index in [1.807, 2.05) is 0 Å². The van der Waals surface area contributed by atoms with E-state index >= 15 is 0 Å². The summed E-state index contributed by atoms with van der Waals surface area (Å²) in [7, 11) is -2.97. The summed E-state index contributed by atoms with van der Waals surface area (Å²) in [4.78, 5) is 23.4. The van der Waals surface area contributed by atoms with Crippen LogP contribution in [0.5, 0.6) is 0 Å². The first-order valence-electron chi connectivity index (χ1n) is 5.90. The number of urea groups is 1. The molecule has 19 heavy (non-hydrogen) atoms. The van der Waals surface area contributed by atoms with E-state index in [9.17, 15) is 18.0 Å². The molecule has 1 heterocycles. The first-order valence-corrected chi connectivity index (χ1v) is 7.72. The molecule has 0 radical (unpaired) electrons. The van der Waals surface area contributed by atoms with Gasteiger partial charge in [-0.15, -0.1) is 6.58 Å². The van der Waals surface area contributed by atoms with Gasteiger partial charge in [0.05, 0.1) is 11.5 Å². The van der Waals surface area contributed by atoms with Gasteiger partial charge in [-0.05, 0) is 12.3 Å². The molecule has 0 aromatic rings. The third kappa shape index (κ3) is 5.29. The molecular weight excluding hydrogens is 272 g/mol. The van der Waals surface area contributed by atoms with E-state index < -0.39 is 28.4 Å². The minimum atomic E-state index is -2.97. The second-order valence-corrected chi connectivity index (χ2v) is 6.75. The molecule has 1 aliphatic rings. The fourth-order valence-electron chi connectivity index (χ4n) is 1.91. The van der Waals surface area contributed by atoms with Crippen molar-refractivity contribution in [1.82, 2.24) is 10.2 Å². The summed E-state index contributed by atoms with van der Waals surface area (Å²) in [6, 6.07) is -0.522. The molecule has 1 atom stereocenters. The standard InChI is InChI=1S/C11H18N2O5S/c1-2-4-13(7-10(14)15)11(16)12-6-9-3-5-19(17,18)8-9/h2,9H,1,3-8H2,(H,12,16)(H,14,15). The summed E-state index contributed by atoms with van der Waals surface area (Å²) in [5, 5.41) is 11.2. The van der Waals surface area contributed by atoms with Gasteiger partial charge in [-0.25, -0.2) is 13.2 Å². The van der Waals surface area contributed by atoms with Gasteiger partial charge in [0.15, 0.2) is 9.84 Å². The van der Waals surface area contributed by atoms with Crippen molar-refractivity contribution in [2.45, 2.75) is 6.42 Å². The fraction of sp³-hybridized carbons (Fsp3) is 0.636. The van der Waals surface area contributed by atoms with Crippen molar-refractivity contribution in [2.24, 2.45) is 5.92 Å². The Labute approximate surface area is 112 Å². The summed E-state index contributed by atoms with van der Waals surface area (Å²) in [5.74, 6) is -0.975. The zero-order valence-electron chi connectivity index (χ0n) is 10.5. The second-order valence-electron chi connectivity index (χ2n) is 4.52. The van der Waals surface area contributed by atoms with Crippen molar-refractivity contribution in [3.8, 4) is 0 Å². The van der Waals surface area contributed by atoms with Crippen LogP contribution in [0.25, 0.3) is 0 Å². The topological polar surface area (TPSA) is 104 Å². The first kappa shape index (κ1) is 15.5. The Morgan fingerprint density at radius 1 is 1.47 bits per heavy atom. The smallest absolute Gasteiger partial charge is 0.323 e. The van der Waals surface area contributed by atoms with Gasteiger partial charge in [0.2, 0.25) is 0 Å². The van der Waals surface area contributed by atoms with Gasteiger partial charge in [0.1, 0.15) is 6.54 Å². The van der Waals surface area contributed by atoms with Crippen molar-refractivity contribution in [3.63, 3.8) is 0 Å². The van der Waals surface area contributed by atoms with Crippen LogP contribution in [0.4, 0.5) is 4.79 Å². The molecule has 1 rings (SSSR count). The van der Waals surface area contributed by atoms with E-state index in [1.165, 1.54) is 6.08 Å². The molecule has 1 aliphatic heterocycles. The van der Waals surface area contributed by atoms with Crippen LogP contribution in [-0.2, 0) is 14.6 Å². The minimum Gasteiger partial charge on any atom is -0.480 e. The van der Waals surface area contributed by atoms with Gasteiger partial charge in [-0.3, -0.25) is 4.79 Å². The maximum atomic E-state index is 11.7. The van der Waals surface area contributed by atoms with E-state index in [2.05, 4.69) is 11.9 Å². The van der Waals surface area contributed by atoms with Crippen LogP contribution >= 0.6 is 0 Å². The molecule has 2 amide bonds. The van der Waals surface area contributed by atoms with Crippen molar-refractivity contribution in [1.29, 1.82) is 0 Å². The van der Waals surface area contributed by atoms with Crippen LogP contribution in [-0.4, -0.2) is 61.6 Å². The number of carbonyl (C=O) groups excluding carboxylic acids is 1. The quantitative estimate of drug-likeness (QED) is 0.654. The highest BCUT2D eigenvalue weighted by Crippen LogP contribution is 2.17. The molecular formula is C11H18N2O5S. The Bertz CT molecular complexity index is 460. The van der Waals surface area contributed by atoms with Gasteiger partial charge in [-0.2, -0.15) is 0 Å². The Morgan fingerprint density at radius 3 is 2.63 bits per heavy atom. The SMILES string of the molecule is C=CCN(CC(=O)O)C(=O)NCC1CCS(=O)(=O)C1. The van der Waals surface area contributed by atoms with Gasteiger partial charge in [0.25, 0.3) is 0 Å². The zero-order chi connectivity index (χ0) is 14.5. The predicted octanol–water partition coefficient (Wildman–Crippen LogP) is -0.297. The average Bonchev–Trinajstić information content (AvgIpc) is 2.65.